The molecule has 0 fully saturated rings. The van der Waals surface area contributed by atoms with Crippen molar-refractivity contribution in [2.24, 2.45) is 0 Å². The van der Waals surface area contributed by atoms with Crippen molar-refractivity contribution < 1.29 is 4.39 Å². The van der Waals surface area contributed by atoms with E-state index in [1.807, 2.05) is 19.2 Å². The van der Waals surface area contributed by atoms with Crippen LogP contribution in [0.5, 0.6) is 0 Å². The molecule has 1 N–H and O–H groups in total. The van der Waals surface area contributed by atoms with E-state index in [0.29, 0.717) is 6.42 Å². The predicted octanol–water partition coefficient (Wildman–Crippen LogP) is 3.08. The van der Waals surface area contributed by atoms with E-state index >= 15 is 0 Å². The van der Waals surface area contributed by atoms with Gasteiger partial charge in [-0.3, -0.25) is 4.90 Å². The summed E-state index contributed by atoms with van der Waals surface area (Å²) in [7, 11) is 1.96. The highest BCUT2D eigenvalue weighted by Crippen LogP contribution is 2.22. The van der Waals surface area contributed by atoms with Crippen molar-refractivity contribution in [2.45, 2.75) is 45.7 Å². The summed E-state index contributed by atoms with van der Waals surface area (Å²) in [5, 5.41) is 3.36. The Kier molecular flexibility index (Phi) is 5.95. The van der Waals surface area contributed by atoms with Crippen molar-refractivity contribution in [1.29, 1.82) is 0 Å². The molecule has 0 radical (unpaired) electrons. The Morgan fingerprint density at radius 3 is 2.26 bits per heavy atom. The normalized spacial score (nSPS) is 13.8. The van der Waals surface area contributed by atoms with Gasteiger partial charge in [0.1, 0.15) is 5.82 Å². The Morgan fingerprint density at radius 2 is 1.79 bits per heavy atom. The molecule has 3 heteroatoms. The fourth-order valence-electron chi connectivity index (χ4n) is 2.85. The van der Waals surface area contributed by atoms with Crippen molar-refractivity contribution in [1.82, 2.24) is 10.2 Å². The zero-order valence-corrected chi connectivity index (χ0v) is 12.8. The SMILES string of the molecule is CCN(CC)C(C)(C)C(Cc1ccccc1F)NC. The first-order chi connectivity index (χ1) is 8.97. The summed E-state index contributed by atoms with van der Waals surface area (Å²) in [6.07, 6.45) is 0.701. The number of hydrogen-bond donors (Lipinski definition) is 1. The van der Waals surface area contributed by atoms with Crippen LogP contribution in [0.4, 0.5) is 4.39 Å². The topological polar surface area (TPSA) is 15.3 Å². The third-order valence-electron chi connectivity index (χ3n) is 4.16. The van der Waals surface area contributed by atoms with Gasteiger partial charge < -0.3 is 5.32 Å². The first kappa shape index (κ1) is 16.1. The number of benzene rings is 1. The van der Waals surface area contributed by atoms with Crippen LogP contribution >= 0.6 is 0 Å². The summed E-state index contributed by atoms with van der Waals surface area (Å²) >= 11 is 0. The molecule has 0 aromatic heterocycles. The van der Waals surface area contributed by atoms with Crippen LogP contribution in [0, 0.1) is 5.82 Å². The number of nitrogens with one attached hydrogen (secondary N) is 1. The number of rotatable bonds is 7. The van der Waals surface area contributed by atoms with E-state index in [1.54, 1.807) is 6.07 Å². The maximum atomic E-state index is 13.8. The van der Waals surface area contributed by atoms with Gasteiger partial charge in [0.15, 0.2) is 0 Å². The summed E-state index contributed by atoms with van der Waals surface area (Å²) in [5.41, 5.74) is 0.766. The minimum absolute atomic E-state index is 0.0134. The lowest BCUT2D eigenvalue weighted by Crippen LogP contribution is -2.57. The minimum atomic E-state index is -0.113. The fourth-order valence-corrected chi connectivity index (χ4v) is 2.85. The average molecular weight is 266 g/mol. The van der Waals surface area contributed by atoms with Gasteiger partial charge in [-0.1, -0.05) is 32.0 Å². The van der Waals surface area contributed by atoms with Gasteiger partial charge in [-0.15, -0.1) is 0 Å². The Labute approximate surface area is 117 Å². The molecule has 1 aromatic carbocycles. The van der Waals surface area contributed by atoms with Crippen LogP contribution in [0.1, 0.15) is 33.3 Å². The molecule has 0 bridgehead atoms. The molecule has 0 spiro atoms. The first-order valence-electron chi connectivity index (χ1n) is 7.13. The zero-order valence-electron chi connectivity index (χ0n) is 12.8. The maximum absolute atomic E-state index is 13.8. The smallest absolute Gasteiger partial charge is 0.126 e. The zero-order chi connectivity index (χ0) is 14.5. The molecule has 1 unspecified atom stereocenters. The highest BCUT2D eigenvalue weighted by atomic mass is 19.1. The van der Waals surface area contributed by atoms with E-state index in [2.05, 4.69) is 37.9 Å². The van der Waals surface area contributed by atoms with Gasteiger partial charge in [-0.2, -0.15) is 0 Å². The number of likely N-dealkylation sites (N-methyl/N-ethyl adjacent to an activating group) is 2. The lowest BCUT2D eigenvalue weighted by Gasteiger charge is -2.43. The summed E-state index contributed by atoms with van der Waals surface area (Å²) < 4.78 is 13.8. The van der Waals surface area contributed by atoms with Crippen LogP contribution in [0.15, 0.2) is 24.3 Å². The van der Waals surface area contributed by atoms with Gasteiger partial charge in [0, 0.05) is 11.6 Å². The molecule has 0 heterocycles. The molecule has 0 saturated heterocycles. The summed E-state index contributed by atoms with van der Waals surface area (Å²) in [4.78, 5) is 2.41. The molecule has 0 saturated carbocycles. The van der Waals surface area contributed by atoms with Crippen molar-refractivity contribution in [3.05, 3.63) is 35.6 Å². The number of halogens is 1. The monoisotopic (exact) mass is 266 g/mol. The predicted molar refractivity (Wildman–Crippen MR) is 80.0 cm³/mol. The Hall–Kier alpha value is -0.930. The summed E-state index contributed by atoms with van der Waals surface area (Å²) in [6.45, 7) is 10.8. The van der Waals surface area contributed by atoms with E-state index in [1.165, 1.54) is 6.07 Å². The third-order valence-corrected chi connectivity index (χ3v) is 4.16. The number of nitrogens with zero attached hydrogens (tertiary/aromatic N) is 1. The van der Waals surface area contributed by atoms with Crippen molar-refractivity contribution in [3.8, 4) is 0 Å². The molecule has 1 aromatic rings. The van der Waals surface area contributed by atoms with E-state index in [9.17, 15) is 4.39 Å². The van der Waals surface area contributed by atoms with Crippen LogP contribution in [-0.2, 0) is 6.42 Å². The van der Waals surface area contributed by atoms with Gasteiger partial charge in [0.25, 0.3) is 0 Å². The van der Waals surface area contributed by atoms with Crippen LogP contribution in [0.2, 0.25) is 0 Å². The molecule has 0 amide bonds. The fraction of sp³-hybridized carbons (Fsp3) is 0.625. The van der Waals surface area contributed by atoms with E-state index < -0.39 is 0 Å². The molecule has 0 aliphatic carbocycles. The molecule has 1 rings (SSSR count). The summed E-state index contributed by atoms with van der Waals surface area (Å²) in [5.74, 6) is -0.113. The molecule has 1 atom stereocenters. The Bertz CT molecular complexity index is 386. The Morgan fingerprint density at radius 1 is 1.21 bits per heavy atom. The molecular weight excluding hydrogens is 239 g/mol. The highest BCUT2D eigenvalue weighted by molar-refractivity contribution is 5.19. The van der Waals surface area contributed by atoms with E-state index in [0.717, 1.165) is 18.7 Å². The molecule has 108 valence electrons. The highest BCUT2D eigenvalue weighted by Gasteiger charge is 2.33. The van der Waals surface area contributed by atoms with Crippen LogP contribution < -0.4 is 5.32 Å². The van der Waals surface area contributed by atoms with Crippen LogP contribution in [0.25, 0.3) is 0 Å². The van der Waals surface area contributed by atoms with Gasteiger partial charge in [-0.05, 0) is 52.0 Å². The first-order valence-corrected chi connectivity index (χ1v) is 7.13. The number of hydrogen-bond acceptors (Lipinski definition) is 2. The molecule has 19 heavy (non-hydrogen) atoms. The van der Waals surface area contributed by atoms with Crippen LogP contribution in [0.3, 0.4) is 0 Å². The molecular formula is C16H27FN2. The standard InChI is InChI=1S/C16H27FN2/c1-6-19(7-2)16(3,4)15(18-5)12-13-10-8-9-11-14(13)17/h8-11,15,18H,6-7,12H2,1-5H3. The van der Waals surface area contributed by atoms with Gasteiger partial charge in [-0.25, -0.2) is 4.39 Å². The summed E-state index contributed by atoms with van der Waals surface area (Å²) in [6, 6.07) is 7.26. The average Bonchev–Trinajstić information content (AvgIpc) is 2.38. The van der Waals surface area contributed by atoms with Crippen LogP contribution in [-0.4, -0.2) is 36.6 Å². The van der Waals surface area contributed by atoms with Crippen molar-refractivity contribution in [3.63, 3.8) is 0 Å². The maximum Gasteiger partial charge on any atom is 0.126 e. The van der Waals surface area contributed by atoms with Crippen molar-refractivity contribution >= 4 is 0 Å². The second-order valence-electron chi connectivity index (χ2n) is 5.46. The second kappa shape index (κ2) is 7.01. The van der Waals surface area contributed by atoms with Gasteiger partial charge in [0.05, 0.1) is 0 Å². The second-order valence-corrected chi connectivity index (χ2v) is 5.46. The van der Waals surface area contributed by atoms with Crippen molar-refractivity contribution in [2.75, 3.05) is 20.1 Å². The van der Waals surface area contributed by atoms with Gasteiger partial charge >= 0.3 is 0 Å². The quantitative estimate of drug-likeness (QED) is 0.816. The van der Waals surface area contributed by atoms with E-state index in [4.69, 9.17) is 0 Å². The molecule has 2 nitrogen and oxygen atoms in total. The minimum Gasteiger partial charge on any atom is -0.315 e. The lowest BCUT2D eigenvalue weighted by molar-refractivity contribution is 0.0940. The van der Waals surface area contributed by atoms with Gasteiger partial charge in [0.2, 0.25) is 0 Å². The molecule has 0 aliphatic rings. The van der Waals surface area contributed by atoms with E-state index in [-0.39, 0.29) is 17.4 Å². The Balaban J connectivity index is 2.92. The molecule has 0 aliphatic heterocycles. The largest absolute Gasteiger partial charge is 0.315 e. The lowest BCUT2D eigenvalue weighted by atomic mass is 9.87. The third kappa shape index (κ3) is 3.77.